The molecule has 0 saturated carbocycles. The van der Waals surface area contributed by atoms with Gasteiger partial charge >= 0.3 is 0 Å². The molecule has 1 N–H and O–H groups in total. The fourth-order valence-electron chi connectivity index (χ4n) is 3.32. The van der Waals surface area contributed by atoms with Gasteiger partial charge in [-0.1, -0.05) is 12.8 Å². The van der Waals surface area contributed by atoms with Crippen LogP contribution in [-0.4, -0.2) is 48.6 Å². The van der Waals surface area contributed by atoms with Gasteiger partial charge in [-0.2, -0.15) is 11.8 Å². The number of fused-ring (bicyclic) bond motifs is 1. The number of unbranched alkanes of at least 4 members (excludes halogenated alkanes) is 2. The molecule has 0 amide bonds. The third kappa shape index (κ3) is 4.15. The first-order valence-corrected chi connectivity index (χ1v) is 8.77. The molecule has 3 heteroatoms. The van der Waals surface area contributed by atoms with Crippen LogP contribution in [-0.2, 0) is 0 Å². The zero-order valence-corrected chi connectivity index (χ0v) is 12.1. The lowest BCUT2D eigenvalue weighted by Gasteiger charge is -2.32. The van der Waals surface area contributed by atoms with Crippen molar-refractivity contribution in [2.75, 3.05) is 31.6 Å². The molecule has 2 unspecified atom stereocenters. The van der Waals surface area contributed by atoms with E-state index in [1.54, 1.807) is 0 Å². The summed E-state index contributed by atoms with van der Waals surface area (Å²) in [7, 11) is 0. The first kappa shape index (κ1) is 13.7. The largest absolute Gasteiger partial charge is 0.312 e. The lowest BCUT2D eigenvalue weighted by molar-refractivity contribution is 0.180. The van der Waals surface area contributed by atoms with Gasteiger partial charge < -0.3 is 5.32 Å². The summed E-state index contributed by atoms with van der Waals surface area (Å²) < 4.78 is 0. The Morgan fingerprint density at radius 1 is 1.12 bits per heavy atom. The molecule has 0 aromatic carbocycles. The van der Waals surface area contributed by atoms with Crippen LogP contribution in [0.25, 0.3) is 0 Å². The van der Waals surface area contributed by atoms with E-state index in [4.69, 9.17) is 0 Å². The Labute approximate surface area is 111 Å². The molecule has 17 heavy (non-hydrogen) atoms. The van der Waals surface area contributed by atoms with Crippen LogP contribution in [0, 0.1) is 0 Å². The molecule has 0 spiro atoms. The summed E-state index contributed by atoms with van der Waals surface area (Å²) in [5.74, 6) is 1.33. The molecule has 0 aromatic heterocycles. The lowest BCUT2D eigenvalue weighted by Crippen LogP contribution is -2.45. The number of nitrogens with one attached hydrogen (secondary N) is 1. The maximum atomic E-state index is 3.81. The molecule has 2 atom stereocenters. The van der Waals surface area contributed by atoms with Gasteiger partial charge in [0.1, 0.15) is 0 Å². The molecule has 0 radical (unpaired) electrons. The number of thioether (sulfide) groups is 1. The van der Waals surface area contributed by atoms with Crippen molar-refractivity contribution in [1.29, 1.82) is 0 Å². The van der Waals surface area contributed by atoms with Gasteiger partial charge in [-0.3, -0.25) is 4.90 Å². The van der Waals surface area contributed by atoms with Gasteiger partial charge in [0.05, 0.1) is 0 Å². The van der Waals surface area contributed by atoms with Crippen LogP contribution in [0.15, 0.2) is 0 Å². The predicted octanol–water partition coefficient (Wildman–Crippen LogP) is 2.74. The monoisotopic (exact) mass is 256 g/mol. The smallest absolute Gasteiger partial charge is 0.0249 e. The lowest BCUT2D eigenvalue weighted by atomic mass is 9.99. The van der Waals surface area contributed by atoms with Crippen LogP contribution in [0.2, 0.25) is 0 Å². The molecule has 100 valence electrons. The summed E-state index contributed by atoms with van der Waals surface area (Å²) in [6, 6.07) is 1.67. The maximum absolute atomic E-state index is 3.81. The minimum Gasteiger partial charge on any atom is -0.312 e. The fraction of sp³-hybridized carbons (Fsp3) is 1.00. The topological polar surface area (TPSA) is 15.3 Å². The molecular formula is C14H28N2S. The Kier molecular flexibility index (Phi) is 6.16. The van der Waals surface area contributed by atoms with Crippen molar-refractivity contribution in [3.8, 4) is 0 Å². The van der Waals surface area contributed by atoms with E-state index in [1.807, 2.05) is 11.8 Å². The third-order valence-corrected chi connectivity index (χ3v) is 4.98. The molecule has 2 heterocycles. The molecule has 0 aromatic rings. The maximum Gasteiger partial charge on any atom is 0.0249 e. The van der Waals surface area contributed by atoms with E-state index in [2.05, 4.69) is 16.5 Å². The second-order valence-corrected chi connectivity index (χ2v) is 6.49. The van der Waals surface area contributed by atoms with Crippen molar-refractivity contribution < 1.29 is 0 Å². The van der Waals surface area contributed by atoms with Crippen molar-refractivity contribution in [2.45, 2.75) is 57.0 Å². The van der Waals surface area contributed by atoms with Crippen molar-refractivity contribution in [3.05, 3.63) is 0 Å². The first-order valence-electron chi connectivity index (χ1n) is 7.38. The summed E-state index contributed by atoms with van der Waals surface area (Å²) >= 11 is 1.97. The fourth-order valence-corrected chi connectivity index (χ4v) is 3.81. The average molecular weight is 256 g/mol. The zero-order chi connectivity index (χ0) is 11.9. The van der Waals surface area contributed by atoms with Crippen LogP contribution in [0.5, 0.6) is 0 Å². The van der Waals surface area contributed by atoms with E-state index in [-0.39, 0.29) is 0 Å². The Morgan fingerprint density at radius 3 is 2.94 bits per heavy atom. The van der Waals surface area contributed by atoms with Gasteiger partial charge in [-0.05, 0) is 57.2 Å². The van der Waals surface area contributed by atoms with Crippen molar-refractivity contribution in [2.24, 2.45) is 0 Å². The molecule has 2 aliphatic heterocycles. The number of hydrogen-bond acceptors (Lipinski definition) is 3. The van der Waals surface area contributed by atoms with Crippen molar-refractivity contribution in [1.82, 2.24) is 10.2 Å². The summed E-state index contributed by atoms with van der Waals surface area (Å²) in [4.78, 5) is 2.72. The van der Waals surface area contributed by atoms with E-state index in [0.29, 0.717) is 0 Å². The minimum absolute atomic E-state index is 0.802. The van der Waals surface area contributed by atoms with Crippen LogP contribution in [0.4, 0.5) is 0 Å². The van der Waals surface area contributed by atoms with Gasteiger partial charge in [-0.15, -0.1) is 0 Å². The van der Waals surface area contributed by atoms with Gasteiger partial charge in [0.25, 0.3) is 0 Å². The highest BCUT2D eigenvalue weighted by Crippen LogP contribution is 2.27. The summed E-state index contributed by atoms with van der Waals surface area (Å²) in [6.07, 6.45) is 12.1. The molecule has 0 bridgehead atoms. The quantitative estimate of drug-likeness (QED) is 0.705. The van der Waals surface area contributed by atoms with Crippen molar-refractivity contribution in [3.63, 3.8) is 0 Å². The van der Waals surface area contributed by atoms with Crippen LogP contribution in [0.1, 0.15) is 44.9 Å². The molecule has 2 aliphatic rings. The summed E-state index contributed by atoms with van der Waals surface area (Å²) in [5.41, 5.74) is 0. The summed E-state index contributed by atoms with van der Waals surface area (Å²) in [6.45, 7) is 3.94. The predicted molar refractivity (Wildman–Crippen MR) is 77.9 cm³/mol. The Morgan fingerprint density at radius 2 is 2.06 bits per heavy atom. The number of nitrogens with zero attached hydrogens (tertiary/aromatic N) is 1. The second-order valence-electron chi connectivity index (χ2n) is 5.50. The second kappa shape index (κ2) is 7.65. The number of hydrogen-bond donors (Lipinski definition) is 1. The van der Waals surface area contributed by atoms with Gasteiger partial charge in [0.2, 0.25) is 0 Å². The van der Waals surface area contributed by atoms with Crippen molar-refractivity contribution >= 4 is 11.8 Å². The normalized spacial score (nSPS) is 29.5. The highest BCUT2D eigenvalue weighted by atomic mass is 32.2. The molecule has 0 aliphatic carbocycles. The van der Waals surface area contributed by atoms with E-state index in [0.717, 1.165) is 12.1 Å². The minimum atomic E-state index is 0.802. The average Bonchev–Trinajstić information content (AvgIpc) is 2.77. The molecule has 2 saturated heterocycles. The van der Waals surface area contributed by atoms with Crippen LogP contribution < -0.4 is 5.32 Å². The van der Waals surface area contributed by atoms with E-state index in [9.17, 15) is 0 Å². The van der Waals surface area contributed by atoms with Gasteiger partial charge in [0.15, 0.2) is 0 Å². The third-order valence-electron chi connectivity index (χ3n) is 4.29. The van der Waals surface area contributed by atoms with E-state index in [1.165, 1.54) is 70.3 Å². The van der Waals surface area contributed by atoms with E-state index >= 15 is 0 Å². The first-order chi connectivity index (χ1) is 8.42. The Balaban J connectivity index is 1.56. The van der Waals surface area contributed by atoms with E-state index < -0.39 is 0 Å². The molecule has 2 fully saturated rings. The number of rotatable bonds is 7. The zero-order valence-electron chi connectivity index (χ0n) is 11.3. The SMILES string of the molecule is CSCCCCCNC1CCN2CCCCC12. The van der Waals surface area contributed by atoms with Gasteiger partial charge in [0, 0.05) is 18.6 Å². The highest BCUT2D eigenvalue weighted by molar-refractivity contribution is 7.98. The standard InChI is InChI=1S/C14H28N2S/c1-17-12-6-2-4-9-15-13-8-11-16-10-5-3-7-14(13)16/h13-15H,2-12H2,1H3. The summed E-state index contributed by atoms with van der Waals surface area (Å²) in [5, 5.41) is 3.81. The molecular weight excluding hydrogens is 228 g/mol. The van der Waals surface area contributed by atoms with Crippen LogP contribution in [0.3, 0.4) is 0 Å². The Hall–Kier alpha value is 0.270. The highest BCUT2D eigenvalue weighted by Gasteiger charge is 2.34. The van der Waals surface area contributed by atoms with Gasteiger partial charge in [-0.25, -0.2) is 0 Å². The van der Waals surface area contributed by atoms with Crippen LogP contribution >= 0.6 is 11.8 Å². The number of piperidine rings is 1. The Bertz CT molecular complexity index is 210. The molecule has 2 rings (SSSR count). The molecule has 2 nitrogen and oxygen atoms in total.